The lowest BCUT2D eigenvalue weighted by atomic mass is 9.99. The minimum Gasteiger partial charge on any atom is -0.469 e. The monoisotopic (exact) mass is 323 g/mol. The van der Waals surface area contributed by atoms with Gasteiger partial charge in [-0.05, 0) is 52.5 Å². The number of halogens is 2. The van der Waals surface area contributed by atoms with Crippen molar-refractivity contribution in [3.63, 3.8) is 0 Å². The van der Waals surface area contributed by atoms with Crippen molar-refractivity contribution in [1.29, 1.82) is 0 Å². The number of benzene rings is 1. The molecule has 1 aromatic carbocycles. The molecule has 4 heteroatoms. The van der Waals surface area contributed by atoms with Gasteiger partial charge in [-0.3, -0.25) is 0 Å². The summed E-state index contributed by atoms with van der Waals surface area (Å²) in [7, 11) is 0. The Morgan fingerprint density at radius 3 is 2.83 bits per heavy atom. The van der Waals surface area contributed by atoms with E-state index in [2.05, 4.69) is 27.0 Å². The number of aryl methyl sites for hydroxylation is 1. The van der Waals surface area contributed by atoms with Crippen LogP contribution in [0.2, 0.25) is 5.02 Å². The van der Waals surface area contributed by atoms with Gasteiger partial charge in [0.05, 0.1) is 0 Å². The first kappa shape index (κ1) is 12.0. The minimum absolute atomic E-state index is 0.0726. The summed E-state index contributed by atoms with van der Waals surface area (Å²) in [5, 5.41) is 0.747. The van der Waals surface area contributed by atoms with Crippen molar-refractivity contribution in [2.24, 2.45) is 0 Å². The second kappa shape index (κ2) is 4.90. The fourth-order valence-electron chi connectivity index (χ4n) is 2.15. The average molecular weight is 325 g/mol. The van der Waals surface area contributed by atoms with Gasteiger partial charge < -0.3 is 4.74 Å². The quantitative estimate of drug-likeness (QED) is 0.767. The van der Waals surface area contributed by atoms with Gasteiger partial charge in [-0.2, -0.15) is 0 Å². The zero-order chi connectivity index (χ0) is 12.5. The highest BCUT2D eigenvalue weighted by Crippen LogP contribution is 2.34. The summed E-state index contributed by atoms with van der Waals surface area (Å²) >= 11 is 9.32. The molecule has 3 rings (SSSR count). The predicted molar refractivity (Wildman–Crippen MR) is 75.1 cm³/mol. The van der Waals surface area contributed by atoms with Crippen LogP contribution in [0.5, 0.6) is 5.88 Å². The molecule has 0 fully saturated rings. The molecular formula is C14H11BrClNO. The topological polar surface area (TPSA) is 22.1 Å². The Morgan fingerprint density at radius 1 is 1.28 bits per heavy atom. The highest BCUT2D eigenvalue weighted by Gasteiger charge is 2.22. The van der Waals surface area contributed by atoms with Crippen LogP contribution >= 0.6 is 27.5 Å². The molecule has 0 bridgehead atoms. The Balaban J connectivity index is 1.86. The maximum Gasteiger partial charge on any atom is 0.217 e. The van der Waals surface area contributed by atoms with Gasteiger partial charge in [0.25, 0.3) is 0 Å². The molecule has 1 unspecified atom stereocenters. The van der Waals surface area contributed by atoms with Crippen molar-refractivity contribution in [1.82, 2.24) is 4.98 Å². The molecule has 1 aromatic heterocycles. The normalized spacial score (nSPS) is 18.0. The van der Waals surface area contributed by atoms with Gasteiger partial charge in [-0.1, -0.05) is 23.7 Å². The molecule has 1 atom stereocenters. The fraction of sp³-hybridized carbons (Fsp3) is 0.214. The molecule has 0 radical (unpaired) electrons. The predicted octanol–water partition coefficient (Wildman–Crippen LogP) is 4.56. The molecule has 2 aromatic rings. The van der Waals surface area contributed by atoms with E-state index >= 15 is 0 Å². The van der Waals surface area contributed by atoms with E-state index in [1.54, 1.807) is 6.20 Å². The molecule has 0 saturated heterocycles. The smallest absolute Gasteiger partial charge is 0.217 e. The maximum absolute atomic E-state index is 5.94. The van der Waals surface area contributed by atoms with Gasteiger partial charge in [0.1, 0.15) is 6.10 Å². The Bertz CT molecular complexity index is 571. The van der Waals surface area contributed by atoms with E-state index in [9.17, 15) is 0 Å². The van der Waals surface area contributed by atoms with Crippen LogP contribution in [-0.4, -0.2) is 4.98 Å². The highest BCUT2D eigenvalue weighted by atomic mass is 79.9. The largest absolute Gasteiger partial charge is 0.469 e. The van der Waals surface area contributed by atoms with Crippen molar-refractivity contribution in [2.45, 2.75) is 18.9 Å². The molecular weight excluding hydrogens is 314 g/mol. The van der Waals surface area contributed by atoms with E-state index in [4.69, 9.17) is 16.3 Å². The van der Waals surface area contributed by atoms with Gasteiger partial charge in [0, 0.05) is 21.3 Å². The first-order valence-corrected chi connectivity index (χ1v) is 6.96. The van der Waals surface area contributed by atoms with E-state index in [0.29, 0.717) is 0 Å². The average Bonchev–Trinajstić information content (AvgIpc) is 2.39. The first-order chi connectivity index (χ1) is 8.72. The van der Waals surface area contributed by atoms with Crippen molar-refractivity contribution in [3.8, 4) is 5.88 Å². The van der Waals surface area contributed by atoms with Crippen LogP contribution in [0.25, 0.3) is 0 Å². The zero-order valence-corrected chi connectivity index (χ0v) is 11.9. The summed E-state index contributed by atoms with van der Waals surface area (Å²) in [6.45, 7) is 0. The summed E-state index contributed by atoms with van der Waals surface area (Å²) in [6, 6.07) is 9.88. The Kier molecular flexibility index (Phi) is 3.27. The summed E-state index contributed by atoms with van der Waals surface area (Å²) in [5.74, 6) is 0.740. The van der Waals surface area contributed by atoms with E-state index in [-0.39, 0.29) is 6.10 Å². The fourth-order valence-corrected chi connectivity index (χ4v) is 2.65. The third-order valence-corrected chi connectivity index (χ3v) is 3.75. The Morgan fingerprint density at radius 2 is 2.06 bits per heavy atom. The van der Waals surface area contributed by atoms with E-state index in [1.807, 2.05) is 24.3 Å². The molecule has 0 amide bonds. The van der Waals surface area contributed by atoms with Crippen molar-refractivity contribution in [2.75, 3.05) is 0 Å². The van der Waals surface area contributed by atoms with E-state index in [0.717, 1.165) is 39.3 Å². The van der Waals surface area contributed by atoms with E-state index in [1.165, 1.54) is 0 Å². The Hall–Kier alpha value is -1.06. The molecule has 1 aliphatic rings. The number of hydrogen-bond donors (Lipinski definition) is 0. The SMILES string of the molecule is Clc1ccc(C2CCc3cc(Br)cnc3O2)cc1. The number of rotatable bonds is 1. The van der Waals surface area contributed by atoms with Gasteiger partial charge in [0.15, 0.2) is 0 Å². The van der Waals surface area contributed by atoms with Crippen molar-refractivity contribution in [3.05, 3.63) is 57.2 Å². The summed E-state index contributed by atoms with van der Waals surface area (Å²) in [4.78, 5) is 4.32. The van der Waals surface area contributed by atoms with Gasteiger partial charge in [-0.15, -0.1) is 0 Å². The van der Waals surface area contributed by atoms with Crippen molar-refractivity contribution < 1.29 is 4.74 Å². The minimum atomic E-state index is 0.0726. The number of fused-ring (bicyclic) bond motifs is 1. The molecule has 18 heavy (non-hydrogen) atoms. The third-order valence-electron chi connectivity index (χ3n) is 3.06. The van der Waals surface area contributed by atoms with Crippen LogP contribution in [0.3, 0.4) is 0 Å². The van der Waals surface area contributed by atoms with Crippen LogP contribution in [0.1, 0.15) is 23.7 Å². The van der Waals surface area contributed by atoms with Crippen molar-refractivity contribution >= 4 is 27.5 Å². The standard InChI is InChI=1S/C14H11BrClNO/c15-11-7-10-3-6-13(18-14(10)17-8-11)9-1-4-12(16)5-2-9/h1-2,4-5,7-8,13H,3,6H2. The Labute approximate surface area is 119 Å². The second-order valence-electron chi connectivity index (χ2n) is 4.31. The van der Waals surface area contributed by atoms with Crippen LogP contribution in [0.15, 0.2) is 41.0 Å². The molecule has 0 aliphatic carbocycles. The molecule has 2 heterocycles. The third kappa shape index (κ3) is 2.38. The van der Waals surface area contributed by atoms with Crippen LogP contribution in [-0.2, 0) is 6.42 Å². The molecule has 0 N–H and O–H groups in total. The zero-order valence-electron chi connectivity index (χ0n) is 9.57. The summed E-state index contributed by atoms with van der Waals surface area (Å²) in [5.41, 5.74) is 2.31. The number of nitrogens with zero attached hydrogens (tertiary/aromatic N) is 1. The lowest BCUT2D eigenvalue weighted by Gasteiger charge is -2.25. The van der Waals surface area contributed by atoms with Gasteiger partial charge in [0.2, 0.25) is 5.88 Å². The van der Waals surface area contributed by atoms with Gasteiger partial charge in [-0.25, -0.2) is 4.98 Å². The van der Waals surface area contributed by atoms with E-state index < -0.39 is 0 Å². The van der Waals surface area contributed by atoms with Crippen LogP contribution in [0, 0.1) is 0 Å². The number of hydrogen-bond acceptors (Lipinski definition) is 2. The maximum atomic E-state index is 5.94. The summed E-state index contributed by atoms with van der Waals surface area (Å²) < 4.78 is 6.93. The molecule has 0 spiro atoms. The van der Waals surface area contributed by atoms with Gasteiger partial charge >= 0.3 is 0 Å². The summed E-state index contributed by atoms with van der Waals surface area (Å²) in [6.07, 6.45) is 3.79. The second-order valence-corrected chi connectivity index (χ2v) is 5.67. The lowest BCUT2D eigenvalue weighted by molar-refractivity contribution is 0.168. The lowest BCUT2D eigenvalue weighted by Crippen LogP contribution is -2.16. The molecule has 0 saturated carbocycles. The highest BCUT2D eigenvalue weighted by molar-refractivity contribution is 9.10. The molecule has 92 valence electrons. The number of aromatic nitrogens is 1. The first-order valence-electron chi connectivity index (χ1n) is 5.79. The molecule has 2 nitrogen and oxygen atoms in total. The van der Waals surface area contributed by atoms with Crippen LogP contribution < -0.4 is 4.74 Å². The number of pyridine rings is 1. The van der Waals surface area contributed by atoms with Crippen LogP contribution in [0.4, 0.5) is 0 Å². The number of ether oxygens (including phenoxy) is 1. The molecule has 1 aliphatic heterocycles.